The highest BCUT2D eigenvalue weighted by molar-refractivity contribution is 9.10. The number of pyridine rings is 1. The molecule has 0 atom stereocenters. The van der Waals surface area contributed by atoms with E-state index in [-0.39, 0.29) is 30.6 Å². The second kappa shape index (κ2) is 5.46. The van der Waals surface area contributed by atoms with Crippen LogP contribution in [0.25, 0.3) is 0 Å². The molecule has 0 aliphatic carbocycles. The maximum atomic E-state index is 11.9. The molecule has 1 N–H and O–H groups in total. The molecule has 0 aromatic carbocycles. The summed E-state index contributed by atoms with van der Waals surface area (Å²) < 4.78 is 23.4. The number of rotatable bonds is 1. The monoisotopic (exact) mass is 347 g/mol. The number of halogens is 1. The van der Waals surface area contributed by atoms with E-state index in [4.69, 9.17) is 0 Å². The normalized spacial score (nSPS) is 18.1. The fourth-order valence-corrected chi connectivity index (χ4v) is 3.14. The van der Waals surface area contributed by atoms with E-state index in [0.29, 0.717) is 5.82 Å². The van der Waals surface area contributed by atoms with Crippen LogP contribution in [0.3, 0.4) is 0 Å². The smallest absolute Gasteiger partial charge is 0.322 e. The standard InChI is InChI=1S/C11H14BrN3O3S/c1-8-9(12)2-3-10(13-8)14-11(16)15-4-6-19(17,18)7-5-15/h2-3H,4-7H2,1H3,(H,13,14,16). The zero-order chi connectivity index (χ0) is 14.0. The summed E-state index contributed by atoms with van der Waals surface area (Å²) in [6.07, 6.45) is 0. The minimum absolute atomic E-state index is 0.0210. The van der Waals surface area contributed by atoms with Gasteiger partial charge in [-0.3, -0.25) is 5.32 Å². The van der Waals surface area contributed by atoms with E-state index in [2.05, 4.69) is 26.2 Å². The first-order chi connectivity index (χ1) is 8.87. The van der Waals surface area contributed by atoms with Crippen molar-refractivity contribution < 1.29 is 13.2 Å². The summed E-state index contributed by atoms with van der Waals surface area (Å²) in [4.78, 5) is 17.6. The van der Waals surface area contributed by atoms with Gasteiger partial charge in [0.1, 0.15) is 5.82 Å². The van der Waals surface area contributed by atoms with Crippen molar-refractivity contribution in [3.05, 3.63) is 22.3 Å². The molecule has 0 bridgehead atoms. The van der Waals surface area contributed by atoms with Crippen LogP contribution >= 0.6 is 15.9 Å². The first-order valence-electron chi connectivity index (χ1n) is 5.77. The topological polar surface area (TPSA) is 79.4 Å². The van der Waals surface area contributed by atoms with Crippen LogP contribution in [0.4, 0.5) is 10.6 Å². The van der Waals surface area contributed by atoms with E-state index in [1.54, 1.807) is 12.1 Å². The van der Waals surface area contributed by atoms with Gasteiger partial charge in [0.2, 0.25) is 0 Å². The number of aromatic nitrogens is 1. The average Bonchev–Trinajstić information content (AvgIpc) is 2.33. The molecule has 0 spiro atoms. The molecule has 0 saturated carbocycles. The average molecular weight is 348 g/mol. The summed E-state index contributed by atoms with van der Waals surface area (Å²) >= 11 is 3.33. The lowest BCUT2D eigenvalue weighted by molar-refractivity contribution is 0.216. The molecule has 104 valence electrons. The third-order valence-electron chi connectivity index (χ3n) is 2.89. The summed E-state index contributed by atoms with van der Waals surface area (Å²) in [5.74, 6) is 0.500. The number of urea groups is 1. The Morgan fingerprint density at radius 3 is 2.58 bits per heavy atom. The molecule has 1 fully saturated rings. The van der Waals surface area contributed by atoms with Crippen LogP contribution < -0.4 is 5.32 Å². The van der Waals surface area contributed by atoms with Crippen LogP contribution in [0.15, 0.2) is 16.6 Å². The second-order valence-electron chi connectivity index (χ2n) is 4.33. The van der Waals surface area contributed by atoms with E-state index in [9.17, 15) is 13.2 Å². The molecule has 1 saturated heterocycles. The van der Waals surface area contributed by atoms with E-state index in [1.807, 2.05) is 6.92 Å². The number of hydrogen-bond donors (Lipinski definition) is 1. The molecule has 1 aliphatic heterocycles. The SMILES string of the molecule is Cc1nc(NC(=O)N2CCS(=O)(=O)CC2)ccc1Br. The van der Waals surface area contributed by atoms with Crippen molar-refractivity contribution in [1.82, 2.24) is 9.88 Å². The number of anilines is 1. The molecule has 1 aliphatic rings. The largest absolute Gasteiger partial charge is 0.323 e. The number of aryl methyl sites for hydroxylation is 1. The van der Waals surface area contributed by atoms with Crippen molar-refractivity contribution >= 4 is 37.6 Å². The van der Waals surface area contributed by atoms with Gasteiger partial charge >= 0.3 is 6.03 Å². The van der Waals surface area contributed by atoms with Crippen molar-refractivity contribution in [2.45, 2.75) is 6.92 Å². The summed E-state index contributed by atoms with van der Waals surface area (Å²) in [6.45, 7) is 2.28. The zero-order valence-electron chi connectivity index (χ0n) is 10.4. The zero-order valence-corrected chi connectivity index (χ0v) is 12.8. The number of nitrogens with one attached hydrogen (secondary N) is 1. The molecular weight excluding hydrogens is 334 g/mol. The van der Waals surface area contributed by atoms with Gasteiger partial charge in [-0.1, -0.05) is 0 Å². The molecule has 0 unspecified atom stereocenters. The first-order valence-corrected chi connectivity index (χ1v) is 8.38. The molecule has 8 heteroatoms. The van der Waals surface area contributed by atoms with Crippen molar-refractivity contribution in [1.29, 1.82) is 0 Å². The van der Waals surface area contributed by atoms with Gasteiger partial charge in [0, 0.05) is 17.6 Å². The van der Waals surface area contributed by atoms with Crippen molar-refractivity contribution in [3.63, 3.8) is 0 Å². The highest BCUT2D eigenvalue weighted by atomic mass is 79.9. The fourth-order valence-electron chi connectivity index (χ4n) is 1.72. The molecule has 1 aromatic heterocycles. The molecule has 2 rings (SSSR count). The predicted octanol–water partition coefficient (Wildman–Crippen LogP) is 1.41. The Hall–Kier alpha value is -1.15. The lowest BCUT2D eigenvalue weighted by Crippen LogP contribution is -2.45. The van der Waals surface area contributed by atoms with Gasteiger partial charge in [-0.2, -0.15) is 0 Å². The van der Waals surface area contributed by atoms with Gasteiger partial charge < -0.3 is 4.90 Å². The van der Waals surface area contributed by atoms with Crippen molar-refractivity contribution in [2.75, 3.05) is 29.9 Å². The van der Waals surface area contributed by atoms with Crippen LogP contribution in [0.2, 0.25) is 0 Å². The first kappa shape index (κ1) is 14.3. The number of carbonyl (C=O) groups is 1. The summed E-state index contributed by atoms with van der Waals surface area (Å²) in [5.41, 5.74) is 0.777. The number of sulfone groups is 1. The molecule has 19 heavy (non-hydrogen) atoms. The molecule has 2 amide bonds. The van der Waals surface area contributed by atoms with Crippen LogP contribution in [-0.4, -0.2) is 48.9 Å². The highest BCUT2D eigenvalue weighted by Gasteiger charge is 2.25. The second-order valence-corrected chi connectivity index (χ2v) is 7.49. The summed E-state index contributed by atoms with van der Waals surface area (Å²) in [6, 6.07) is 3.18. The number of carbonyl (C=O) groups excluding carboxylic acids is 1. The lowest BCUT2D eigenvalue weighted by atomic mass is 10.4. The lowest BCUT2D eigenvalue weighted by Gasteiger charge is -2.26. The molecule has 0 radical (unpaired) electrons. The molecular formula is C11H14BrN3O3S. The fraction of sp³-hybridized carbons (Fsp3) is 0.455. The summed E-state index contributed by atoms with van der Waals surface area (Å²) in [7, 11) is -2.98. The molecule has 6 nitrogen and oxygen atoms in total. The highest BCUT2D eigenvalue weighted by Crippen LogP contribution is 2.16. The van der Waals surface area contributed by atoms with E-state index >= 15 is 0 Å². The number of hydrogen-bond acceptors (Lipinski definition) is 4. The van der Waals surface area contributed by atoms with Crippen LogP contribution in [0.1, 0.15) is 5.69 Å². The Morgan fingerprint density at radius 2 is 2.00 bits per heavy atom. The minimum Gasteiger partial charge on any atom is -0.322 e. The van der Waals surface area contributed by atoms with E-state index < -0.39 is 9.84 Å². The van der Waals surface area contributed by atoms with Gasteiger partial charge in [-0.05, 0) is 35.0 Å². The van der Waals surface area contributed by atoms with E-state index in [1.165, 1.54) is 4.90 Å². The maximum Gasteiger partial charge on any atom is 0.323 e. The Bertz CT molecular complexity index is 589. The van der Waals surface area contributed by atoms with Crippen molar-refractivity contribution in [3.8, 4) is 0 Å². The third kappa shape index (κ3) is 3.66. The van der Waals surface area contributed by atoms with Crippen LogP contribution in [-0.2, 0) is 9.84 Å². The van der Waals surface area contributed by atoms with Crippen LogP contribution in [0.5, 0.6) is 0 Å². The Labute approximate surface area is 120 Å². The maximum absolute atomic E-state index is 11.9. The Kier molecular flexibility index (Phi) is 4.10. The molecule has 2 heterocycles. The predicted molar refractivity (Wildman–Crippen MR) is 75.9 cm³/mol. The van der Waals surface area contributed by atoms with Crippen LogP contribution in [0, 0.1) is 6.92 Å². The van der Waals surface area contributed by atoms with Gasteiger partial charge in [-0.15, -0.1) is 0 Å². The number of amides is 2. The van der Waals surface area contributed by atoms with Gasteiger partial charge in [0.25, 0.3) is 0 Å². The van der Waals surface area contributed by atoms with Crippen molar-refractivity contribution in [2.24, 2.45) is 0 Å². The Morgan fingerprint density at radius 1 is 1.37 bits per heavy atom. The minimum atomic E-state index is -2.98. The number of nitrogens with zero attached hydrogens (tertiary/aromatic N) is 2. The third-order valence-corrected chi connectivity index (χ3v) is 5.34. The van der Waals surface area contributed by atoms with Gasteiger partial charge in [-0.25, -0.2) is 18.2 Å². The quantitative estimate of drug-likeness (QED) is 0.832. The van der Waals surface area contributed by atoms with Gasteiger partial charge in [0.15, 0.2) is 9.84 Å². The summed E-state index contributed by atoms with van der Waals surface area (Å²) in [5, 5.41) is 2.67. The Balaban J connectivity index is 2.00. The van der Waals surface area contributed by atoms with E-state index in [0.717, 1.165) is 10.2 Å². The van der Waals surface area contributed by atoms with Gasteiger partial charge in [0.05, 0.1) is 17.2 Å². The molecule has 1 aromatic rings.